The molecule has 0 spiro atoms. The molecule has 5 heteroatoms. The van der Waals surface area contributed by atoms with E-state index in [9.17, 15) is 14.4 Å². The first-order valence-electron chi connectivity index (χ1n) is 10.8. The number of rotatable bonds is 3. The number of imide groups is 1. The average Bonchev–Trinajstić information content (AvgIpc) is 2.85. The third kappa shape index (κ3) is 3.47. The van der Waals surface area contributed by atoms with Gasteiger partial charge in [-0.2, -0.15) is 0 Å². The van der Waals surface area contributed by atoms with Gasteiger partial charge in [-0.3, -0.25) is 19.3 Å². The molecule has 4 rings (SSSR count). The number of nitrogens with zero attached hydrogens (tertiary/aromatic N) is 1. The van der Waals surface area contributed by atoms with Crippen molar-refractivity contribution < 1.29 is 14.4 Å². The van der Waals surface area contributed by atoms with E-state index in [1.165, 1.54) is 17.7 Å². The third-order valence-electron chi connectivity index (χ3n) is 6.93. The SMILES string of the molecule is C[C@@H]1CC[C@H](C(=O)NC2CCCCCC2)[C@H]2C(=O)N(c3ccccc3)C(=O)[C@@H]21. The summed E-state index contributed by atoms with van der Waals surface area (Å²) < 4.78 is 0. The van der Waals surface area contributed by atoms with Crippen LogP contribution in [0, 0.1) is 23.7 Å². The van der Waals surface area contributed by atoms with E-state index >= 15 is 0 Å². The zero-order valence-electron chi connectivity index (χ0n) is 16.6. The molecule has 0 unspecified atom stereocenters. The molecule has 1 aliphatic heterocycles. The van der Waals surface area contributed by atoms with Gasteiger partial charge in [-0.1, -0.05) is 50.8 Å². The highest BCUT2D eigenvalue weighted by Crippen LogP contribution is 2.46. The molecular formula is C23H30N2O3. The van der Waals surface area contributed by atoms with Crippen molar-refractivity contribution in [1.82, 2.24) is 5.32 Å². The number of anilines is 1. The summed E-state index contributed by atoms with van der Waals surface area (Å²) in [5.74, 6) is -1.54. The van der Waals surface area contributed by atoms with Gasteiger partial charge >= 0.3 is 0 Å². The average molecular weight is 383 g/mol. The van der Waals surface area contributed by atoms with Crippen LogP contribution in [0.15, 0.2) is 30.3 Å². The van der Waals surface area contributed by atoms with Crippen molar-refractivity contribution in [3.8, 4) is 0 Å². The van der Waals surface area contributed by atoms with E-state index < -0.39 is 11.8 Å². The maximum Gasteiger partial charge on any atom is 0.238 e. The molecule has 1 aromatic rings. The van der Waals surface area contributed by atoms with Crippen molar-refractivity contribution in [2.45, 2.75) is 64.3 Å². The van der Waals surface area contributed by atoms with E-state index in [0.717, 1.165) is 32.1 Å². The molecule has 1 aromatic carbocycles. The fraction of sp³-hybridized carbons (Fsp3) is 0.609. The zero-order chi connectivity index (χ0) is 19.7. The first-order valence-corrected chi connectivity index (χ1v) is 10.8. The van der Waals surface area contributed by atoms with Crippen LogP contribution in [0.25, 0.3) is 0 Å². The first kappa shape index (κ1) is 19.2. The lowest BCUT2D eigenvalue weighted by molar-refractivity contribution is -0.137. The molecule has 3 amide bonds. The summed E-state index contributed by atoms with van der Waals surface area (Å²) in [6.07, 6.45) is 8.30. The molecule has 0 bridgehead atoms. The van der Waals surface area contributed by atoms with Crippen LogP contribution < -0.4 is 10.2 Å². The van der Waals surface area contributed by atoms with Crippen molar-refractivity contribution in [3.05, 3.63) is 30.3 Å². The maximum absolute atomic E-state index is 13.3. The summed E-state index contributed by atoms with van der Waals surface area (Å²) in [5.41, 5.74) is 0.613. The number of amides is 3. The van der Waals surface area contributed by atoms with Crippen molar-refractivity contribution >= 4 is 23.4 Å². The molecule has 2 saturated carbocycles. The Hall–Kier alpha value is -2.17. The molecule has 1 heterocycles. The Labute approximate surface area is 166 Å². The molecule has 1 saturated heterocycles. The van der Waals surface area contributed by atoms with Gasteiger partial charge in [0, 0.05) is 6.04 Å². The standard InChI is InChI=1S/C23H30N2O3/c1-15-13-14-18(21(26)24-16-9-5-2-3-6-10-16)20-19(15)22(27)25(23(20)28)17-11-7-4-8-12-17/h4,7-8,11-12,15-16,18-20H,2-3,5-6,9-10,13-14H2,1H3,(H,24,26)/t15-,18+,19-,20-/m1/s1. The second kappa shape index (κ2) is 8.06. The number of nitrogens with one attached hydrogen (secondary N) is 1. The smallest absolute Gasteiger partial charge is 0.238 e. The van der Waals surface area contributed by atoms with Crippen LogP contribution in [0.5, 0.6) is 0 Å². The number of carbonyl (C=O) groups excluding carboxylic acids is 3. The second-order valence-electron chi connectivity index (χ2n) is 8.76. The number of fused-ring (bicyclic) bond motifs is 1. The summed E-state index contributed by atoms with van der Waals surface area (Å²) in [5, 5.41) is 3.23. The van der Waals surface area contributed by atoms with Gasteiger partial charge in [0.05, 0.1) is 23.4 Å². The molecule has 0 radical (unpaired) electrons. The van der Waals surface area contributed by atoms with Gasteiger partial charge in [-0.05, 0) is 43.7 Å². The topological polar surface area (TPSA) is 66.5 Å². The van der Waals surface area contributed by atoms with Crippen LogP contribution in [0.3, 0.4) is 0 Å². The molecule has 3 fully saturated rings. The lowest BCUT2D eigenvalue weighted by Crippen LogP contribution is -2.46. The van der Waals surface area contributed by atoms with Gasteiger partial charge in [0.15, 0.2) is 0 Å². The Morgan fingerprint density at radius 2 is 1.54 bits per heavy atom. The summed E-state index contributed by atoms with van der Waals surface area (Å²) in [7, 11) is 0. The summed E-state index contributed by atoms with van der Waals surface area (Å²) in [4.78, 5) is 40.9. The van der Waals surface area contributed by atoms with Gasteiger partial charge < -0.3 is 5.32 Å². The molecule has 28 heavy (non-hydrogen) atoms. The molecule has 3 aliphatic rings. The minimum Gasteiger partial charge on any atom is -0.353 e. The Morgan fingerprint density at radius 3 is 2.21 bits per heavy atom. The lowest BCUT2D eigenvalue weighted by atomic mass is 9.68. The quantitative estimate of drug-likeness (QED) is 0.641. The van der Waals surface area contributed by atoms with Crippen LogP contribution in [-0.4, -0.2) is 23.8 Å². The van der Waals surface area contributed by atoms with Gasteiger partial charge in [0.1, 0.15) is 0 Å². The fourth-order valence-corrected chi connectivity index (χ4v) is 5.39. The van der Waals surface area contributed by atoms with Crippen LogP contribution in [0.2, 0.25) is 0 Å². The van der Waals surface area contributed by atoms with E-state index in [1.54, 1.807) is 12.1 Å². The number of carbonyl (C=O) groups is 3. The Bertz CT molecular complexity index is 739. The highest BCUT2D eigenvalue weighted by molar-refractivity contribution is 6.23. The van der Waals surface area contributed by atoms with Crippen molar-refractivity contribution in [1.29, 1.82) is 0 Å². The highest BCUT2D eigenvalue weighted by Gasteiger charge is 2.56. The van der Waals surface area contributed by atoms with E-state index in [1.807, 2.05) is 25.1 Å². The van der Waals surface area contributed by atoms with Gasteiger partial charge in [0.25, 0.3) is 0 Å². The van der Waals surface area contributed by atoms with Crippen molar-refractivity contribution in [2.75, 3.05) is 4.90 Å². The van der Waals surface area contributed by atoms with Crippen LogP contribution >= 0.6 is 0 Å². The van der Waals surface area contributed by atoms with Crippen LogP contribution in [0.4, 0.5) is 5.69 Å². The Kier molecular flexibility index (Phi) is 5.51. The monoisotopic (exact) mass is 382 g/mol. The number of hydrogen-bond acceptors (Lipinski definition) is 3. The predicted molar refractivity (Wildman–Crippen MR) is 107 cm³/mol. The highest BCUT2D eigenvalue weighted by atomic mass is 16.2. The summed E-state index contributed by atoms with van der Waals surface area (Å²) in [6.45, 7) is 2.04. The molecule has 4 atom stereocenters. The van der Waals surface area contributed by atoms with E-state index in [0.29, 0.717) is 12.1 Å². The molecular weight excluding hydrogens is 352 g/mol. The Morgan fingerprint density at radius 1 is 0.893 bits per heavy atom. The summed E-state index contributed by atoms with van der Waals surface area (Å²) in [6, 6.07) is 9.32. The van der Waals surface area contributed by atoms with Crippen molar-refractivity contribution in [3.63, 3.8) is 0 Å². The minimum atomic E-state index is -0.526. The van der Waals surface area contributed by atoms with Crippen LogP contribution in [-0.2, 0) is 14.4 Å². The molecule has 5 nitrogen and oxygen atoms in total. The van der Waals surface area contributed by atoms with Crippen molar-refractivity contribution in [2.24, 2.45) is 23.7 Å². The molecule has 2 aliphatic carbocycles. The number of hydrogen-bond donors (Lipinski definition) is 1. The van der Waals surface area contributed by atoms with E-state index in [-0.39, 0.29) is 35.6 Å². The zero-order valence-corrected chi connectivity index (χ0v) is 16.6. The largest absolute Gasteiger partial charge is 0.353 e. The molecule has 150 valence electrons. The van der Waals surface area contributed by atoms with Gasteiger partial charge in [-0.15, -0.1) is 0 Å². The second-order valence-corrected chi connectivity index (χ2v) is 8.76. The van der Waals surface area contributed by atoms with Gasteiger partial charge in [-0.25, -0.2) is 0 Å². The first-order chi connectivity index (χ1) is 13.6. The predicted octanol–water partition coefficient (Wildman–Crippen LogP) is 3.68. The van der Waals surface area contributed by atoms with Crippen LogP contribution in [0.1, 0.15) is 58.3 Å². The molecule has 0 aromatic heterocycles. The fourth-order valence-electron chi connectivity index (χ4n) is 5.39. The number of para-hydroxylation sites is 1. The minimum absolute atomic E-state index is 0.0233. The van der Waals surface area contributed by atoms with Gasteiger partial charge in [0.2, 0.25) is 17.7 Å². The number of benzene rings is 1. The normalized spacial score (nSPS) is 31.4. The van der Waals surface area contributed by atoms with E-state index in [4.69, 9.17) is 0 Å². The summed E-state index contributed by atoms with van der Waals surface area (Å²) >= 11 is 0. The molecule has 1 N–H and O–H groups in total. The Balaban J connectivity index is 1.56. The lowest BCUT2D eigenvalue weighted by Gasteiger charge is -2.34. The third-order valence-corrected chi connectivity index (χ3v) is 6.93. The maximum atomic E-state index is 13.3. The van der Waals surface area contributed by atoms with E-state index in [2.05, 4.69) is 5.32 Å².